The standard InChI is InChI=1S/C12H19N3O2/c1-9-5-13-15(6-9)11(2,3)10(16)14-7-12(4,17)8-14/h5-6,17H,7-8H2,1-4H3. The van der Waals surface area contributed by atoms with E-state index in [0.717, 1.165) is 5.56 Å². The van der Waals surface area contributed by atoms with Gasteiger partial charge in [0.15, 0.2) is 0 Å². The minimum atomic E-state index is -0.730. The van der Waals surface area contributed by atoms with E-state index in [1.807, 2.05) is 27.0 Å². The van der Waals surface area contributed by atoms with Crippen LogP contribution in [0.5, 0.6) is 0 Å². The number of rotatable bonds is 2. The van der Waals surface area contributed by atoms with Crippen molar-refractivity contribution < 1.29 is 9.90 Å². The number of β-amino-alcohol motifs (C(OH)–C–C–N with tert-alkyl or cyclic N) is 1. The molecule has 1 fully saturated rings. The first-order valence-electron chi connectivity index (χ1n) is 5.76. The summed E-state index contributed by atoms with van der Waals surface area (Å²) < 4.78 is 1.68. The lowest BCUT2D eigenvalue weighted by atomic mass is 9.93. The highest BCUT2D eigenvalue weighted by molar-refractivity contribution is 5.84. The van der Waals surface area contributed by atoms with E-state index in [-0.39, 0.29) is 5.91 Å². The number of aliphatic hydroxyl groups is 1. The van der Waals surface area contributed by atoms with Crippen LogP contribution in [0.25, 0.3) is 0 Å². The SMILES string of the molecule is Cc1cnn(C(C)(C)C(=O)N2CC(C)(O)C2)c1. The Kier molecular flexibility index (Phi) is 2.54. The molecule has 94 valence electrons. The molecule has 1 aromatic heterocycles. The van der Waals surface area contributed by atoms with Gasteiger partial charge in [-0.05, 0) is 33.3 Å². The van der Waals surface area contributed by atoms with E-state index < -0.39 is 11.1 Å². The molecule has 1 saturated heterocycles. The minimum Gasteiger partial charge on any atom is -0.386 e. The molecule has 0 aliphatic carbocycles. The van der Waals surface area contributed by atoms with E-state index in [2.05, 4.69) is 5.10 Å². The third-order valence-corrected chi connectivity index (χ3v) is 3.16. The van der Waals surface area contributed by atoms with Crippen LogP contribution in [-0.4, -0.2) is 44.4 Å². The van der Waals surface area contributed by atoms with Crippen LogP contribution in [0.4, 0.5) is 0 Å². The molecule has 1 aromatic rings. The number of carbonyl (C=O) groups excluding carboxylic acids is 1. The van der Waals surface area contributed by atoms with Gasteiger partial charge in [-0.2, -0.15) is 5.10 Å². The van der Waals surface area contributed by atoms with Gasteiger partial charge in [-0.1, -0.05) is 0 Å². The Morgan fingerprint density at radius 1 is 1.53 bits per heavy atom. The number of carbonyl (C=O) groups is 1. The number of aromatic nitrogens is 2. The smallest absolute Gasteiger partial charge is 0.250 e. The quantitative estimate of drug-likeness (QED) is 0.816. The second-order valence-electron chi connectivity index (χ2n) is 5.68. The molecule has 1 N–H and O–H groups in total. The van der Waals surface area contributed by atoms with Crippen molar-refractivity contribution in [1.82, 2.24) is 14.7 Å². The topological polar surface area (TPSA) is 58.4 Å². The third kappa shape index (κ3) is 2.07. The fourth-order valence-corrected chi connectivity index (χ4v) is 2.12. The Morgan fingerprint density at radius 2 is 2.12 bits per heavy atom. The van der Waals surface area contributed by atoms with E-state index in [4.69, 9.17) is 0 Å². The fraction of sp³-hybridized carbons (Fsp3) is 0.667. The second kappa shape index (κ2) is 3.57. The zero-order valence-electron chi connectivity index (χ0n) is 10.8. The van der Waals surface area contributed by atoms with Crippen LogP contribution < -0.4 is 0 Å². The third-order valence-electron chi connectivity index (χ3n) is 3.16. The molecule has 2 heterocycles. The summed E-state index contributed by atoms with van der Waals surface area (Å²) in [5.41, 5.74) is -0.405. The minimum absolute atomic E-state index is 0.00729. The van der Waals surface area contributed by atoms with Crippen molar-refractivity contribution in [2.75, 3.05) is 13.1 Å². The van der Waals surface area contributed by atoms with Gasteiger partial charge in [-0.15, -0.1) is 0 Å². The molecule has 1 aliphatic rings. The van der Waals surface area contributed by atoms with Crippen molar-refractivity contribution in [2.45, 2.75) is 38.8 Å². The predicted octanol–water partition coefficient (Wildman–Crippen LogP) is 0.520. The van der Waals surface area contributed by atoms with E-state index in [1.54, 1.807) is 22.7 Å². The van der Waals surface area contributed by atoms with Gasteiger partial charge in [-0.3, -0.25) is 9.48 Å². The number of aryl methyl sites for hydroxylation is 1. The van der Waals surface area contributed by atoms with Crippen molar-refractivity contribution in [3.63, 3.8) is 0 Å². The molecule has 0 spiro atoms. The van der Waals surface area contributed by atoms with Crippen LogP contribution >= 0.6 is 0 Å². The number of hydrogen-bond acceptors (Lipinski definition) is 3. The van der Waals surface area contributed by atoms with Gasteiger partial charge in [0.05, 0.1) is 24.9 Å². The molecule has 17 heavy (non-hydrogen) atoms. The highest BCUT2D eigenvalue weighted by Gasteiger charge is 2.45. The van der Waals surface area contributed by atoms with Gasteiger partial charge in [0.1, 0.15) is 5.54 Å². The van der Waals surface area contributed by atoms with Crippen molar-refractivity contribution in [3.8, 4) is 0 Å². The van der Waals surface area contributed by atoms with E-state index in [1.165, 1.54) is 0 Å². The highest BCUT2D eigenvalue weighted by Crippen LogP contribution is 2.26. The Labute approximate surface area is 101 Å². The summed E-state index contributed by atoms with van der Waals surface area (Å²) in [5, 5.41) is 13.8. The number of nitrogens with zero attached hydrogens (tertiary/aromatic N) is 3. The van der Waals surface area contributed by atoms with Crippen LogP contribution in [0.15, 0.2) is 12.4 Å². The Balaban J connectivity index is 2.14. The number of hydrogen-bond donors (Lipinski definition) is 1. The fourth-order valence-electron chi connectivity index (χ4n) is 2.12. The largest absolute Gasteiger partial charge is 0.386 e. The van der Waals surface area contributed by atoms with E-state index in [9.17, 15) is 9.90 Å². The molecule has 5 nitrogen and oxygen atoms in total. The van der Waals surface area contributed by atoms with Crippen LogP contribution in [0.3, 0.4) is 0 Å². The van der Waals surface area contributed by atoms with E-state index >= 15 is 0 Å². The molecular formula is C12H19N3O2. The monoisotopic (exact) mass is 237 g/mol. The molecule has 1 aliphatic heterocycles. The first kappa shape index (κ1) is 12.1. The summed E-state index contributed by atoms with van der Waals surface area (Å²) in [6.07, 6.45) is 3.59. The van der Waals surface area contributed by atoms with Crippen molar-refractivity contribution in [3.05, 3.63) is 18.0 Å². The molecule has 2 rings (SSSR count). The summed E-state index contributed by atoms with van der Waals surface area (Å²) in [6.45, 7) is 8.16. The molecule has 0 unspecified atom stereocenters. The van der Waals surface area contributed by atoms with Gasteiger partial charge >= 0.3 is 0 Å². The van der Waals surface area contributed by atoms with Gasteiger partial charge < -0.3 is 10.0 Å². The molecule has 0 atom stereocenters. The van der Waals surface area contributed by atoms with E-state index in [0.29, 0.717) is 13.1 Å². The zero-order valence-corrected chi connectivity index (χ0v) is 10.8. The van der Waals surface area contributed by atoms with Crippen LogP contribution in [0.2, 0.25) is 0 Å². The maximum Gasteiger partial charge on any atom is 0.250 e. The zero-order chi connectivity index (χ0) is 12.8. The number of amides is 1. The van der Waals surface area contributed by atoms with Gasteiger partial charge in [-0.25, -0.2) is 0 Å². The van der Waals surface area contributed by atoms with Gasteiger partial charge in [0.25, 0.3) is 0 Å². The first-order chi connectivity index (χ1) is 7.72. The predicted molar refractivity (Wildman–Crippen MR) is 63.5 cm³/mol. The lowest BCUT2D eigenvalue weighted by Crippen LogP contribution is -2.65. The highest BCUT2D eigenvalue weighted by atomic mass is 16.3. The van der Waals surface area contributed by atoms with Crippen LogP contribution in [0.1, 0.15) is 26.3 Å². The summed E-state index contributed by atoms with van der Waals surface area (Å²) >= 11 is 0. The Morgan fingerprint density at radius 3 is 2.53 bits per heavy atom. The van der Waals surface area contributed by atoms with Crippen molar-refractivity contribution in [2.24, 2.45) is 0 Å². The average molecular weight is 237 g/mol. The normalized spacial score (nSPS) is 19.0. The van der Waals surface area contributed by atoms with Crippen molar-refractivity contribution >= 4 is 5.91 Å². The Hall–Kier alpha value is -1.36. The summed E-state index contributed by atoms with van der Waals surface area (Å²) in [4.78, 5) is 14.0. The maximum absolute atomic E-state index is 12.3. The molecule has 0 aromatic carbocycles. The van der Waals surface area contributed by atoms with Crippen molar-refractivity contribution in [1.29, 1.82) is 0 Å². The molecule has 1 amide bonds. The summed E-state index contributed by atoms with van der Waals surface area (Å²) in [5.74, 6) is -0.00729. The molecule has 0 saturated carbocycles. The summed E-state index contributed by atoms with van der Waals surface area (Å²) in [6, 6.07) is 0. The molecular weight excluding hydrogens is 218 g/mol. The lowest BCUT2D eigenvalue weighted by molar-refractivity contribution is -0.160. The second-order valence-corrected chi connectivity index (χ2v) is 5.68. The maximum atomic E-state index is 12.3. The van der Waals surface area contributed by atoms with Gasteiger partial charge in [0.2, 0.25) is 5.91 Å². The summed E-state index contributed by atoms with van der Waals surface area (Å²) in [7, 11) is 0. The molecule has 0 radical (unpaired) electrons. The van der Waals surface area contributed by atoms with Crippen LogP contribution in [0, 0.1) is 6.92 Å². The van der Waals surface area contributed by atoms with Gasteiger partial charge in [0, 0.05) is 6.20 Å². The van der Waals surface area contributed by atoms with Crippen LogP contribution in [-0.2, 0) is 10.3 Å². The Bertz CT molecular complexity index is 440. The first-order valence-corrected chi connectivity index (χ1v) is 5.76. The lowest BCUT2D eigenvalue weighted by Gasteiger charge is -2.46. The molecule has 5 heteroatoms. The average Bonchev–Trinajstić information content (AvgIpc) is 2.60. The number of likely N-dealkylation sites (tertiary alicyclic amines) is 1. The molecule has 0 bridgehead atoms.